The van der Waals surface area contributed by atoms with Crippen molar-refractivity contribution in [2.45, 2.75) is 39.3 Å². The smallest absolute Gasteiger partial charge is 0.328 e. The molecule has 100 valence electrons. The van der Waals surface area contributed by atoms with E-state index in [0.717, 1.165) is 4.47 Å². The number of carbonyl (C=O) groups is 2. The number of H-pyrrole nitrogens is 1. The van der Waals surface area contributed by atoms with Crippen molar-refractivity contribution < 1.29 is 14.3 Å². The molecule has 0 spiro atoms. The van der Waals surface area contributed by atoms with Crippen LogP contribution in [0.25, 0.3) is 0 Å². The molecule has 0 saturated heterocycles. The van der Waals surface area contributed by atoms with Gasteiger partial charge in [-0.05, 0) is 49.7 Å². The highest BCUT2D eigenvalue weighted by molar-refractivity contribution is 9.10. The Morgan fingerprint density at radius 3 is 2.50 bits per heavy atom. The molecule has 0 aliphatic carbocycles. The predicted octanol–water partition coefficient (Wildman–Crippen LogP) is 2.24. The summed E-state index contributed by atoms with van der Waals surface area (Å²) in [6.07, 6.45) is 1.65. The van der Waals surface area contributed by atoms with Crippen molar-refractivity contribution >= 4 is 27.8 Å². The van der Waals surface area contributed by atoms with Gasteiger partial charge in [0.15, 0.2) is 0 Å². The average molecular weight is 317 g/mol. The lowest BCUT2D eigenvalue weighted by molar-refractivity contribution is -0.156. The molecule has 0 bridgehead atoms. The van der Waals surface area contributed by atoms with Crippen LogP contribution in [0.4, 0.5) is 0 Å². The highest BCUT2D eigenvalue weighted by Crippen LogP contribution is 2.11. The summed E-state index contributed by atoms with van der Waals surface area (Å²) in [5, 5.41) is 2.57. The van der Waals surface area contributed by atoms with Crippen molar-refractivity contribution in [1.82, 2.24) is 10.3 Å². The third-order valence-corrected chi connectivity index (χ3v) is 2.46. The van der Waals surface area contributed by atoms with E-state index >= 15 is 0 Å². The van der Waals surface area contributed by atoms with Gasteiger partial charge in [0.1, 0.15) is 17.3 Å². The number of amides is 1. The Balaban J connectivity index is 2.57. The first-order valence-electron chi connectivity index (χ1n) is 5.56. The predicted molar refractivity (Wildman–Crippen MR) is 71.3 cm³/mol. The normalized spacial score (nSPS) is 12.9. The molecule has 1 atom stereocenters. The van der Waals surface area contributed by atoms with Crippen LogP contribution in [-0.4, -0.2) is 28.5 Å². The van der Waals surface area contributed by atoms with Gasteiger partial charge in [-0.25, -0.2) is 4.79 Å². The van der Waals surface area contributed by atoms with E-state index < -0.39 is 17.6 Å². The monoisotopic (exact) mass is 316 g/mol. The van der Waals surface area contributed by atoms with Gasteiger partial charge in [-0.3, -0.25) is 4.79 Å². The van der Waals surface area contributed by atoms with Crippen molar-refractivity contribution in [3.05, 3.63) is 22.4 Å². The number of rotatable bonds is 3. The van der Waals surface area contributed by atoms with E-state index in [4.69, 9.17) is 4.74 Å². The van der Waals surface area contributed by atoms with Gasteiger partial charge >= 0.3 is 5.97 Å². The van der Waals surface area contributed by atoms with Crippen molar-refractivity contribution in [3.8, 4) is 0 Å². The van der Waals surface area contributed by atoms with Gasteiger partial charge in [-0.2, -0.15) is 0 Å². The molecule has 1 rings (SSSR count). The van der Waals surface area contributed by atoms with E-state index in [1.165, 1.54) is 0 Å². The summed E-state index contributed by atoms with van der Waals surface area (Å²) < 4.78 is 5.94. The van der Waals surface area contributed by atoms with Gasteiger partial charge in [0, 0.05) is 10.7 Å². The van der Waals surface area contributed by atoms with Crippen molar-refractivity contribution in [2.24, 2.45) is 0 Å². The number of hydrogen-bond acceptors (Lipinski definition) is 3. The molecule has 1 amide bonds. The number of halogens is 1. The number of hydrogen-bond donors (Lipinski definition) is 2. The number of esters is 1. The van der Waals surface area contributed by atoms with Crippen LogP contribution >= 0.6 is 15.9 Å². The molecular formula is C12H17BrN2O3. The maximum Gasteiger partial charge on any atom is 0.328 e. The zero-order valence-electron chi connectivity index (χ0n) is 10.8. The molecule has 1 aromatic rings. The minimum atomic E-state index is -0.696. The minimum Gasteiger partial charge on any atom is -0.458 e. The van der Waals surface area contributed by atoms with Crippen molar-refractivity contribution in [3.63, 3.8) is 0 Å². The number of carbonyl (C=O) groups excluding carboxylic acids is 2. The molecule has 0 aromatic carbocycles. The van der Waals surface area contributed by atoms with Gasteiger partial charge < -0.3 is 15.0 Å². The summed E-state index contributed by atoms with van der Waals surface area (Å²) in [7, 11) is 0. The van der Waals surface area contributed by atoms with Crippen LogP contribution in [0.15, 0.2) is 16.7 Å². The third-order valence-electron chi connectivity index (χ3n) is 2.00. The molecule has 0 saturated carbocycles. The standard InChI is InChI=1S/C12H17BrN2O3/c1-7(11(17)18-12(2,3)4)15-10(16)9-5-8(13)6-14-9/h5-7,14H,1-4H3,(H,15,16)/t7-/m0/s1. The van der Waals surface area contributed by atoms with Gasteiger partial charge in [-0.15, -0.1) is 0 Å². The van der Waals surface area contributed by atoms with Crippen LogP contribution in [0, 0.1) is 0 Å². The zero-order valence-corrected chi connectivity index (χ0v) is 12.4. The van der Waals surface area contributed by atoms with Crippen molar-refractivity contribution in [2.75, 3.05) is 0 Å². The van der Waals surface area contributed by atoms with E-state index in [1.807, 2.05) is 0 Å². The second-order valence-electron chi connectivity index (χ2n) is 4.96. The molecule has 0 fully saturated rings. The molecule has 0 unspecified atom stereocenters. The minimum absolute atomic E-state index is 0.348. The van der Waals surface area contributed by atoms with Crippen molar-refractivity contribution in [1.29, 1.82) is 0 Å². The fourth-order valence-corrected chi connectivity index (χ4v) is 1.57. The molecule has 5 nitrogen and oxygen atoms in total. The Bertz CT molecular complexity index is 448. The maximum atomic E-state index is 11.8. The number of aromatic amines is 1. The van der Waals surface area contributed by atoms with Gasteiger partial charge in [0.05, 0.1) is 0 Å². The Labute approximate surface area is 114 Å². The van der Waals surface area contributed by atoms with Gasteiger partial charge in [0.2, 0.25) is 0 Å². The molecular weight excluding hydrogens is 300 g/mol. The molecule has 0 radical (unpaired) electrons. The average Bonchev–Trinajstić information content (AvgIpc) is 2.62. The van der Waals surface area contributed by atoms with E-state index in [-0.39, 0.29) is 5.91 Å². The molecule has 1 aromatic heterocycles. The molecule has 0 aliphatic rings. The fourth-order valence-electron chi connectivity index (χ4n) is 1.22. The first-order valence-corrected chi connectivity index (χ1v) is 6.36. The third kappa shape index (κ3) is 4.52. The second-order valence-corrected chi connectivity index (χ2v) is 5.88. The SMILES string of the molecule is C[C@H](NC(=O)c1cc(Br)c[nH]1)C(=O)OC(C)(C)C. The Kier molecular flexibility index (Phi) is 4.56. The summed E-state index contributed by atoms with van der Waals surface area (Å²) in [6, 6.07) is 0.941. The van der Waals surface area contributed by atoms with Crippen LogP contribution in [-0.2, 0) is 9.53 Å². The summed E-state index contributed by atoms with van der Waals surface area (Å²) in [4.78, 5) is 26.2. The lowest BCUT2D eigenvalue weighted by Gasteiger charge is -2.22. The van der Waals surface area contributed by atoms with Crippen LogP contribution < -0.4 is 5.32 Å². The van der Waals surface area contributed by atoms with E-state index in [2.05, 4.69) is 26.2 Å². The topological polar surface area (TPSA) is 71.2 Å². The van der Waals surface area contributed by atoms with Crippen LogP contribution in [0.2, 0.25) is 0 Å². The fraction of sp³-hybridized carbons (Fsp3) is 0.500. The highest BCUT2D eigenvalue weighted by Gasteiger charge is 2.23. The maximum absolute atomic E-state index is 11.8. The first kappa shape index (κ1) is 14.8. The summed E-state index contributed by atoms with van der Waals surface area (Å²) in [5.41, 5.74) is -0.178. The summed E-state index contributed by atoms with van der Waals surface area (Å²) in [5.74, 6) is -0.805. The molecule has 6 heteroatoms. The molecule has 0 aliphatic heterocycles. The summed E-state index contributed by atoms with van der Waals surface area (Å²) >= 11 is 3.23. The largest absolute Gasteiger partial charge is 0.458 e. The van der Waals surface area contributed by atoms with Crippen LogP contribution in [0.5, 0.6) is 0 Å². The van der Waals surface area contributed by atoms with Gasteiger partial charge in [0.25, 0.3) is 5.91 Å². The molecule has 1 heterocycles. The lowest BCUT2D eigenvalue weighted by Crippen LogP contribution is -2.42. The number of nitrogens with one attached hydrogen (secondary N) is 2. The van der Waals surface area contributed by atoms with Crippen LogP contribution in [0.1, 0.15) is 38.2 Å². The quantitative estimate of drug-likeness (QED) is 0.840. The molecule has 18 heavy (non-hydrogen) atoms. The Morgan fingerprint density at radius 2 is 2.06 bits per heavy atom. The Hall–Kier alpha value is -1.30. The van der Waals surface area contributed by atoms with E-state index in [0.29, 0.717) is 5.69 Å². The molecule has 2 N–H and O–H groups in total. The Morgan fingerprint density at radius 1 is 1.44 bits per heavy atom. The second kappa shape index (κ2) is 5.56. The number of aromatic nitrogens is 1. The zero-order chi connectivity index (χ0) is 13.9. The van der Waals surface area contributed by atoms with Crippen LogP contribution in [0.3, 0.4) is 0 Å². The van der Waals surface area contributed by atoms with Gasteiger partial charge in [-0.1, -0.05) is 0 Å². The summed E-state index contributed by atoms with van der Waals surface area (Å²) in [6.45, 7) is 6.93. The first-order chi connectivity index (χ1) is 8.19. The lowest BCUT2D eigenvalue weighted by atomic mass is 10.2. The highest BCUT2D eigenvalue weighted by atomic mass is 79.9. The number of ether oxygens (including phenoxy) is 1. The van der Waals surface area contributed by atoms with E-state index in [1.54, 1.807) is 40.0 Å². The van der Waals surface area contributed by atoms with E-state index in [9.17, 15) is 9.59 Å².